The molecule has 6 heteroatoms. The van der Waals surface area contributed by atoms with Gasteiger partial charge < -0.3 is 15.4 Å². The van der Waals surface area contributed by atoms with Crippen molar-refractivity contribution in [2.75, 3.05) is 24.3 Å². The highest BCUT2D eigenvalue weighted by atomic mass is 79.9. The molecule has 0 atom stereocenters. The van der Waals surface area contributed by atoms with E-state index in [0.717, 1.165) is 39.7 Å². The molecule has 0 spiro atoms. The molecule has 0 aliphatic carbocycles. The predicted molar refractivity (Wildman–Crippen MR) is 84.9 cm³/mol. The molecule has 1 heterocycles. The lowest BCUT2D eigenvalue weighted by molar-refractivity contribution is 0.412. The number of nitrogens with zero attached hydrogens (tertiary/aromatic N) is 2. The summed E-state index contributed by atoms with van der Waals surface area (Å²) in [6.45, 7) is 4.85. The van der Waals surface area contributed by atoms with E-state index in [9.17, 15) is 0 Å². The van der Waals surface area contributed by atoms with Crippen LogP contribution in [0.25, 0.3) is 0 Å². The molecular weight excluding hydrogens is 320 g/mol. The van der Waals surface area contributed by atoms with Crippen molar-refractivity contribution in [2.24, 2.45) is 0 Å². The zero-order chi connectivity index (χ0) is 14.5. The van der Waals surface area contributed by atoms with Crippen molar-refractivity contribution < 1.29 is 4.74 Å². The minimum Gasteiger partial charge on any atom is -0.496 e. The molecule has 2 N–H and O–H groups in total. The van der Waals surface area contributed by atoms with Gasteiger partial charge in [0.1, 0.15) is 23.7 Å². The maximum Gasteiger partial charge on any atom is 0.138 e. The third-order valence-corrected chi connectivity index (χ3v) is 3.46. The van der Waals surface area contributed by atoms with Gasteiger partial charge in [0.15, 0.2) is 0 Å². The Labute approximate surface area is 126 Å². The van der Waals surface area contributed by atoms with Crippen LogP contribution in [0.4, 0.5) is 17.3 Å². The zero-order valence-electron chi connectivity index (χ0n) is 11.7. The standard InChI is InChI=1S/C14H17BrN4O/c1-4-16-13-9(2)14(18-8-17-13)19-10-5-6-12(20-3)11(15)7-10/h5-8H,4H2,1-3H3,(H2,16,17,18,19). The zero-order valence-corrected chi connectivity index (χ0v) is 13.3. The smallest absolute Gasteiger partial charge is 0.138 e. The first-order chi connectivity index (χ1) is 9.65. The topological polar surface area (TPSA) is 59.1 Å². The van der Waals surface area contributed by atoms with Crippen molar-refractivity contribution in [3.63, 3.8) is 0 Å². The van der Waals surface area contributed by atoms with Gasteiger partial charge in [0.05, 0.1) is 11.6 Å². The summed E-state index contributed by atoms with van der Waals surface area (Å²) >= 11 is 3.47. The number of hydrogen-bond donors (Lipinski definition) is 2. The summed E-state index contributed by atoms with van der Waals surface area (Å²) in [6.07, 6.45) is 1.55. The molecule has 2 rings (SSSR count). The van der Waals surface area contributed by atoms with Gasteiger partial charge >= 0.3 is 0 Å². The number of aromatic nitrogens is 2. The van der Waals surface area contributed by atoms with Gasteiger partial charge in [0.25, 0.3) is 0 Å². The number of anilines is 3. The van der Waals surface area contributed by atoms with Gasteiger partial charge in [-0.2, -0.15) is 0 Å². The summed E-state index contributed by atoms with van der Waals surface area (Å²) in [5, 5.41) is 6.50. The van der Waals surface area contributed by atoms with E-state index in [2.05, 4.69) is 36.5 Å². The Morgan fingerprint density at radius 3 is 2.65 bits per heavy atom. The fourth-order valence-corrected chi connectivity index (χ4v) is 2.34. The molecule has 0 aliphatic heterocycles. The van der Waals surface area contributed by atoms with Gasteiger partial charge in [0.2, 0.25) is 0 Å². The quantitative estimate of drug-likeness (QED) is 0.871. The molecule has 0 amide bonds. The largest absolute Gasteiger partial charge is 0.496 e. The van der Waals surface area contributed by atoms with Crippen molar-refractivity contribution in [1.82, 2.24) is 9.97 Å². The number of nitrogens with one attached hydrogen (secondary N) is 2. The normalized spacial score (nSPS) is 10.2. The molecular formula is C14H17BrN4O. The van der Waals surface area contributed by atoms with E-state index in [1.165, 1.54) is 0 Å². The van der Waals surface area contributed by atoms with E-state index in [1.54, 1.807) is 13.4 Å². The third kappa shape index (κ3) is 3.19. The Balaban J connectivity index is 2.26. The molecule has 20 heavy (non-hydrogen) atoms. The van der Waals surface area contributed by atoms with Crippen LogP contribution >= 0.6 is 15.9 Å². The lowest BCUT2D eigenvalue weighted by Gasteiger charge is -2.13. The first-order valence-electron chi connectivity index (χ1n) is 6.31. The average Bonchev–Trinajstić information content (AvgIpc) is 2.44. The van der Waals surface area contributed by atoms with Gasteiger partial charge in [-0.1, -0.05) is 0 Å². The molecule has 106 valence electrons. The molecule has 0 saturated heterocycles. The number of rotatable bonds is 5. The van der Waals surface area contributed by atoms with Crippen LogP contribution in [0, 0.1) is 6.92 Å². The highest BCUT2D eigenvalue weighted by Gasteiger charge is 2.07. The van der Waals surface area contributed by atoms with E-state index in [0.29, 0.717) is 0 Å². The SMILES string of the molecule is CCNc1ncnc(Nc2ccc(OC)c(Br)c2)c1C. The van der Waals surface area contributed by atoms with Crippen LogP contribution in [0.5, 0.6) is 5.75 Å². The second kappa shape index (κ2) is 6.56. The van der Waals surface area contributed by atoms with Gasteiger partial charge in [-0.3, -0.25) is 0 Å². The molecule has 2 aromatic rings. The number of methoxy groups -OCH3 is 1. The Morgan fingerprint density at radius 2 is 2.00 bits per heavy atom. The second-order valence-corrected chi connectivity index (χ2v) is 5.05. The van der Waals surface area contributed by atoms with Crippen LogP contribution < -0.4 is 15.4 Å². The average molecular weight is 337 g/mol. The summed E-state index contributed by atoms with van der Waals surface area (Å²) in [6, 6.07) is 5.79. The lowest BCUT2D eigenvalue weighted by atomic mass is 10.2. The maximum absolute atomic E-state index is 5.21. The summed E-state index contributed by atoms with van der Waals surface area (Å²) in [5.74, 6) is 2.42. The van der Waals surface area contributed by atoms with Crippen LogP contribution in [0.15, 0.2) is 29.0 Å². The molecule has 1 aromatic carbocycles. The number of hydrogen-bond acceptors (Lipinski definition) is 5. The molecule has 0 bridgehead atoms. The van der Waals surface area contributed by atoms with E-state index in [4.69, 9.17) is 4.74 Å². The van der Waals surface area contributed by atoms with Gasteiger partial charge in [-0.05, 0) is 48.0 Å². The first kappa shape index (κ1) is 14.6. The summed E-state index contributed by atoms with van der Waals surface area (Å²) in [7, 11) is 1.64. The Kier molecular flexibility index (Phi) is 4.79. The fraction of sp³-hybridized carbons (Fsp3) is 0.286. The Hall–Kier alpha value is -1.82. The van der Waals surface area contributed by atoms with Gasteiger partial charge in [0, 0.05) is 17.8 Å². The minimum atomic E-state index is 0.785. The molecule has 0 unspecified atom stereocenters. The minimum absolute atomic E-state index is 0.785. The molecule has 0 aliphatic rings. The van der Waals surface area contributed by atoms with E-state index in [1.807, 2.05) is 32.0 Å². The fourth-order valence-electron chi connectivity index (χ4n) is 1.80. The molecule has 0 radical (unpaired) electrons. The van der Waals surface area contributed by atoms with Crippen molar-refractivity contribution in [3.8, 4) is 5.75 Å². The summed E-state index contributed by atoms with van der Waals surface area (Å²) < 4.78 is 6.11. The van der Waals surface area contributed by atoms with Gasteiger partial charge in [-0.15, -0.1) is 0 Å². The van der Waals surface area contributed by atoms with Crippen molar-refractivity contribution in [2.45, 2.75) is 13.8 Å². The molecule has 0 fully saturated rings. The third-order valence-electron chi connectivity index (χ3n) is 2.84. The van der Waals surface area contributed by atoms with E-state index < -0.39 is 0 Å². The second-order valence-electron chi connectivity index (χ2n) is 4.20. The molecule has 1 aromatic heterocycles. The first-order valence-corrected chi connectivity index (χ1v) is 7.11. The van der Waals surface area contributed by atoms with Crippen LogP contribution in [0.1, 0.15) is 12.5 Å². The maximum atomic E-state index is 5.21. The Bertz CT molecular complexity index is 604. The highest BCUT2D eigenvalue weighted by molar-refractivity contribution is 9.10. The summed E-state index contributed by atoms with van der Waals surface area (Å²) in [5.41, 5.74) is 1.92. The van der Waals surface area contributed by atoms with Crippen molar-refractivity contribution in [3.05, 3.63) is 34.6 Å². The van der Waals surface area contributed by atoms with Crippen LogP contribution in [0.3, 0.4) is 0 Å². The summed E-state index contributed by atoms with van der Waals surface area (Å²) in [4.78, 5) is 8.50. The van der Waals surface area contributed by atoms with Gasteiger partial charge in [-0.25, -0.2) is 9.97 Å². The number of ether oxygens (including phenoxy) is 1. The molecule has 0 saturated carbocycles. The monoisotopic (exact) mass is 336 g/mol. The number of halogens is 1. The van der Waals surface area contributed by atoms with Crippen molar-refractivity contribution in [1.29, 1.82) is 0 Å². The van der Waals surface area contributed by atoms with E-state index in [-0.39, 0.29) is 0 Å². The van der Waals surface area contributed by atoms with Crippen LogP contribution in [-0.4, -0.2) is 23.6 Å². The molecule has 5 nitrogen and oxygen atoms in total. The number of benzene rings is 1. The lowest BCUT2D eigenvalue weighted by Crippen LogP contribution is -2.05. The van der Waals surface area contributed by atoms with Crippen LogP contribution in [0.2, 0.25) is 0 Å². The predicted octanol–water partition coefficient (Wildman–Crippen LogP) is 3.73. The van der Waals surface area contributed by atoms with Crippen molar-refractivity contribution >= 4 is 33.3 Å². The van der Waals surface area contributed by atoms with E-state index >= 15 is 0 Å². The highest BCUT2D eigenvalue weighted by Crippen LogP contribution is 2.30. The van der Waals surface area contributed by atoms with Crippen LogP contribution in [-0.2, 0) is 0 Å². The Morgan fingerprint density at radius 1 is 1.25 bits per heavy atom.